The first-order valence-electron chi connectivity index (χ1n) is 8.08. The van der Waals surface area contributed by atoms with E-state index in [-0.39, 0.29) is 0 Å². The third-order valence-electron chi connectivity index (χ3n) is 5.40. The van der Waals surface area contributed by atoms with Crippen LogP contribution >= 0.6 is 0 Å². The van der Waals surface area contributed by atoms with Crippen LogP contribution in [0.5, 0.6) is 0 Å². The van der Waals surface area contributed by atoms with E-state index >= 15 is 0 Å². The Morgan fingerprint density at radius 1 is 0.636 bits per heavy atom. The molecule has 0 aromatic heterocycles. The monoisotopic (exact) mass is 350 g/mol. The van der Waals surface area contributed by atoms with Crippen LogP contribution in [0.25, 0.3) is 0 Å². The van der Waals surface area contributed by atoms with E-state index in [9.17, 15) is 0 Å². The summed E-state index contributed by atoms with van der Waals surface area (Å²) in [5.41, 5.74) is 4.81. The average molecular weight is 349 g/mol. The van der Waals surface area contributed by atoms with Crippen molar-refractivity contribution >= 4 is 15.0 Å². The molecule has 0 nitrogen and oxygen atoms in total. The van der Waals surface area contributed by atoms with E-state index in [0.717, 1.165) is 15.6 Å². The van der Waals surface area contributed by atoms with Gasteiger partial charge in [-0.1, -0.05) is 0 Å². The van der Waals surface area contributed by atoms with E-state index in [1.54, 1.807) is 16.7 Å². The number of fused-ring (bicyclic) bond motifs is 1. The second-order valence-corrected chi connectivity index (χ2v) is 9.17. The van der Waals surface area contributed by atoms with Crippen molar-refractivity contribution in [3.05, 3.63) is 95.6 Å². The zero-order chi connectivity index (χ0) is 14.5. The molecule has 0 saturated carbocycles. The molecule has 0 N–H and O–H groups in total. The number of benzene rings is 2. The number of rotatable bonds is 1. The van der Waals surface area contributed by atoms with Gasteiger partial charge in [0, 0.05) is 0 Å². The summed E-state index contributed by atoms with van der Waals surface area (Å²) in [5.74, 6) is 2.07. The van der Waals surface area contributed by atoms with Gasteiger partial charge in [-0.2, -0.15) is 0 Å². The fourth-order valence-corrected chi connectivity index (χ4v) is 8.57. The minimum atomic E-state index is 0.636. The summed E-state index contributed by atoms with van der Waals surface area (Å²) in [4.78, 5) is 1.47. The van der Waals surface area contributed by atoms with Gasteiger partial charge in [-0.25, -0.2) is 0 Å². The molecule has 6 rings (SSSR count). The van der Waals surface area contributed by atoms with E-state index in [2.05, 4.69) is 78.9 Å². The summed E-state index contributed by atoms with van der Waals surface area (Å²) in [5, 5.41) is 0. The van der Waals surface area contributed by atoms with Crippen LogP contribution in [0.4, 0.5) is 0 Å². The van der Waals surface area contributed by atoms with Crippen molar-refractivity contribution in [2.45, 2.75) is 15.6 Å². The second kappa shape index (κ2) is 4.98. The molecule has 2 aliphatic heterocycles. The molecule has 5 atom stereocenters. The topological polar surface area (TPSA) is 0 Å². The molecule has 1 saturated heterocycles. The SMILES string of the molecule is C1=CC2C3[Se]C(c4ccccc4)C(c4ccccc43)C2C=C1. The summed E-state index contributed by atoms with van der Waals surface area (Å²) < 4.78 is 0. The van der Waals surface area contributed by atoms with Crippen molar-refractivity contribution in [1.82, 2.24) is 0 Å². The Labute approximate surface area is 138 Å². The van der Waals surface area contributed by atoms with Crippen molar-refractivity contribution in [1.29, 1.82) is 0 Å². The van der Waals surface area contributed by atoms with Gasteiger partial charge < -0.3 is 0 Å². The van der Waals surface area contributed by atoms with Crippen LogP contribution in [0.1, 0.15) is 32.2 Å². The van der Waals surface area contributed by atoms with Gasteiger partial charge in [0.05, 0.1) is 0 Å². The van der Waals surface area contributed by atoms with Gasteiger partial charge >= 0.3 is 138 Å². The van der Waals surface area contributed by atoms with E-state index in [4.69, 9.17) is 0 Å². The van der Waals surface area contributed by atoms with Crippen molar-refractivity contribution in [2.24, 2.45) is 11.8 Å². The fraction of sp³-hybridized carbons (Fsp3) is 0.238. The Hall–Kier alpha value is -1.56. The molecule has 2 aromatic rings. The standard InChI is InChI=1S/C21H18Se/c1-2-8-14(9-3-1)20-19-15-10-4-6-12-17(15)21(22-20)18-13-7-5-11-16(18)19/h1-13,15,17,19-21H. The Morgan fingerprint density at radius 3 is 2.14 bits per heavy atom. The first-order valence-corrected chi connectivity index (χ1v) is 10.1. The van der Waals surface area contributed by atoms with Crippen molar-refractivity contribution in [3.63, 3.8) is 0 Å². The summed E-state index contributed by atoms with van der Waals surface area (Å²) in [6.45, 7) is 0. The van der Waals surface area contributed by atoms with Crippen LogP contribution in [0.3, 0.4) is 0 Å². The maximum atomic E-state index is 2.48. The average Bonchev–Trinajstić information content (AvgIpc) is 2.62. The van der Waals surface area contributed by atoms with Gasteiger partial charge in [-0.15, -0.1) is 0 Å². The van der Waals surface area contributed by atoms with Crippen LogP contribution < -0.4 is 0 Å². The molecule has 22 heavy (non-hydrogen) atoms. The van der Waals surface area contributed by atoms with E-state index < -0.39 is 0 Å². The molecule has 0 radical (unpaired) electrons. The van der Waals surface area contributed by atoms with Gasteiger partial charge in [-0.3, -0.25) is 0 Å². The Bertz CT molecular complexity index is 758. The fourth-order valence-electron chi connectivity index (χ4n) is 4.49. The summed E-state index contributed by atoms with van der Waals surface area (Å²) in [6.07, 6.45) is 9.47. The molecule has 1 fully saturated rings. The third kappa shape index (κ3) is 1.76. The van der Waals surface area contributed by atoms with Crippen LogP contribution in [-0.4, -0.2) is 15.0 Å². The van der Waals surface area contributed by atoms with E-state index in [1.165, 1.54) is 0 Å². The Kier molecular flexibility index (Phi) is 2.93. The predicted octanol–water partition coefficient (Wildman–Crippen LogP) is 4.64. The number of allylic oxidation sites excluding steroid dienone is 4. The zero-order valence-electron chi connectivity index (χ0n) is 12.3. The normalized spacial score (nSPS) is 34.3. The quantitative estimate of drug-likeness (QED) is 0.658. The summed E-state index contributed by atoms with van der Waals surface area (Å²) in [6, 6.07) is 20.5. The number of hydrogen-bond donors (Lipinski definition) is 0. The van der Waals surface area contributed by atoms with E-state index in [1.807, 2.05) is 0 Å². The molecule has 1 heteroatoms. The Morgan fingerprint density at radius 2 is 1.32 bits per heavy atom. The van der Waals surface area contributed by atoms with Crippen LogP contribution in [-0.2, 0) is 0 Å². The van der Waals surface area contributed by atoms with E-state index in [0.29, 0.717) is 26.8 Å². The van der Waals surface area contributed by atoms with Crippen LogP contribution in [0.15, 0.2) is 78.9 Å². The molecule has 0 amide bonds. The maximum absolute atomic E-state index is 2.48. The van der Waals surface area contributed by atoms with Crippen LogP contribution in [0, 0.1) is 11.8 Å². The van der Waals surface area contributed by atoms with Gasteiger partial charge in [0.2, 0.25) is 0 Å². The molecule has 0 spiro atoms. The molecule has 5 unspecified atom stereocenters. The summed E-state index contributed by atoms with van der Waals surface area (Å²) in [7, 11) is 0. The molecule has 2 aliphatic carbocycles. The molecule has 108 valence electrons. The van der Waals surface area contributed by atoms with Crippen molar-refractivity contribution in [3.8, 4) is 0 Å². The zero-order valence-corrected chi connectivity index (χ0v) is 14.0. The van der Waals surface area contributed by atoms with Gasteiger partial charge in [0.15, 0.2) is 0 Å². The predicted molar refractivity (Wildman–Crippen MR) is 92.1 cm³/mol. The third-order valence-corrected chi connectivity index (χ3v) is 9.00. The first kappa shape index (κ1) is 12.9. The van der Waals surface area contributed by atoms with Gasteiger partial charge in [-0.05, 0) is 0 Å². The minimum absolute atomic E-state index is 0.636. The van der Waals surface area contributed by atoms with Crippen LogP contribution in [0.2, 0.25) is 0 Å². The van der Waals surface area contributed by atoms with Crippen molar-refractivity contribution < 1.29 is 0 Å². The molecule has 4 aliphatic rings. The molecule has 2 heterocycles. The molecular formula is C21H18Se. The van der Waals surface area contributed by atoms with Gasteiger partial charge in [0.25, 0.3) is 0 Å². The Balaban J connectivity index is 1.69. The summed E-state index contributed by atoms with van der Waals surface area (Å²) >= 11 is 0.636. The second-order valence-electron chi connectivity index (χ2n) is 6.47. The van der Waals surface area contributed by atoms with Crippen molar-refractivity contribution in [2.75, 3.05) is 0 Å². The molecule has 2 aromatic carbocycles. The molecular weight excluding hydrogens is 331 g/mol. The van der Waals surface area contributed by atoms with Gasteiger partial charge in [0.1, 0.15) is 0 Å². The molecule has 2 bridgehead atoms. The first-order chi connectivity index (χ1) is 10.9. The number of hydrogen-bond acceptors (Lipinski definition) is 0.